The van der Waals surface area contributed by atoms with Crippen LogP contribution in [-0.4, -0.2) is 40.8 Å². The minimum atomic E-state index is -4.54. The van der Waals surface area contributed by atoms with Gasteiger partial charge in [-0.3, -0.25) is 4.79 Å². The Balaban J connectivity index is 1.77. The lowest BCUT2D eigenvalue weighted by Gasteiger charge is -2.16. The minimum absolute atomic E-state index is 0.0364. The van der Waals surface area contributed by atoms with Crippen LogP contribution in [0.15, 0.2) is 24.3 Å². The molecule has 0 aliphatic carbocycles. The smallest absolute Gasteiger partial charge is 0.416 e. The maximum atomic E-state index is 13.1. The van der Waals surface area contributed by atoms with Crippen LogP contribution in [0, 0.1) is 20.8 Å². The van der Waals surface area contributed by atoms with Gasteiger partial charge in [0.05, 0.1) is 23.6 Å². The number of ether oxygens (including phenoxy) is 2. The van der Waals surface area contributed by atoms with Crippen molar-refractivity contribution in [1.82, 2.24) is 14.6 Å². The molecule has 10 heteroatoms. The van der Waals surface area contributed by atoms with Crippen molar-refractivity contribution in [2.45, 2.75) is 39.8 Å². The molecular formula is C22H25F3N4O3. The van der Waals surface area contributed by atoms with Gasteiger partial charge in [0.2, 0.25) is 5.91 Å². The number of nitrogens with zero attached hydrogens (tertiary/aromatic N) is 3. The van der Waals surface area contributed by atoms with Gasteiger partial charge in [-0.2, -0.15) is 18.3 Å². The first-order valence-electron chi connectivity index (χ1n) is 10.1. The molecule has 1 amide bonds. The van der Waals surface area contributed by atoms with Crippen LogP contribution in [0.5, 0.6) is 5.75 Å². The van der Waals surface area contributed by atoms with Gasteiger partial charge in [-0.15, -0.1) is 0 Å². The molecule has 0 saturated heterocycles. The molecule has 32 heavy (non-hydrogen) atoms. The second-order valence-corrected chi connectivity index (χ2v) is 7.42. The Labute approximate surface area is 183 Å². The SMILES string of the molecule is COCCOc1ccc(C(F)(F)F)cc1NC(=O)CCc1c(C)nc2cc(C)nn2c1C. The summed E-state index contributed by atoms with van der Waals surface area (Å²) in [5, 5.41) is 6.96. The van der Waals surface area contributed by atoms with E-state index >= 15 is 0 Å². The molecule has 0 aliphatic rings. The van der Waals surface area contributed by atoms with Gasteiger partial charge in [0, 0.05) is 31.0 Å². The summed E-state index contributed by atoms with van der Waals surface area (Å²) in [5.41, 5.74) is 3.18. The topological polar surface area (TPSA) is 77.8 Å². The fraction of sp³-hybridized carbons (Fsp3) is 0.409. The lowest BCUT2D eigenvalue weighted by molar-refractivity contribution is -0.137. The molecule has 1 aromatic carbocycles. The normalized spacial score (nSPS) is 11.7. The number of methoxy groups -OCH3 is 1. The Morgan fingerprint density at radius 3 is 2.59 bits per heavy atom. The fourth-order valence-corrected chi connectivity index (χ4v) is 3.42. The summed E-state index contributed by atoms with van der Waals surface area (Å²) in [4.78, 5) is 17.1. The number of hydrogen-bond acceptors (Lipinski definition) is 5. The number of carbonyl (C=O) groups is 1. The fourth-order valence-electron chi connectivity index (χ4n) is 3.42. The van der Waals surface area contributed by atoms with Crippen molar-refractivity contribution in [1.29, 1.82) is 0 Å². The number of halogens is 3. The first-order valence-corrected chi connectivity index (χ1v) is 10.1. The number of fused-ring (bicyclic) bond motifs is 1. The number of aryl methyl sites for hydroxylation is 3. The van der Waals surface area contributed by atoms with Gasteiger partial charge in [-0.25, -0.2) is 9.50 Å². The number of anilines is 1. The maximum Gasteiger partial charge on any atom is 0.416 e. The quantitative estimate of drug-likeness (QED) is 0.519. The van der Waals surface area contributed by atoms with E-state index in [0.29, 0.717) is 6.42 Å². The zero-order chi connectivity index (χ0) is 23.5. The van der Waals surface area contributed by atoms with Gasteiger partial charge in [0.15, 0.2) is 5.65 Å². The predicted molar refractivity (Wildman–Crippen MR) is 113 cm³/mol. The highest BCUT2D eigenvalue weighted by atomic mass is 19.4. The van der Waals surface area contributed by atoms with Crippen molar-refractivity contribution < 1.29 is 27.4 Å². The number of aromatic nitrogens is 3. The van der Waals surface area contributed by atoms with Crippen molar-refractivity contribution in [3.8, 4) is 5.75 Å². The standard InChI is InChI=1S/C22H25F3N4O3/c1-13-11-20-26-14(2)17(15(3)29(20)28-13)6-8-21(30)27-18-12-16(22(23,24)25)5-7-19(18)32-10-9-31-4/h5,7,11-12H,6,8-10H2,1-4H3,(H,27,30). The molecule has 2 heterocycles. The first-order chi connectivity index (χ1) is 15.1. The third-order valence-electron chi connectivity index (χ3n) is 5.01. The lowest BCUT2D eigenvalue weighted by Crippen LogP contribution is -2.16. The van der Waals surface area contributed by atoms with Crippen molar-refractivity contribution in [3.63, 3.8) is 0 Å². The lowest BCUT2D eigenvalue weighted by atomic mass is 10.1. The number of alkyl halides is 3. The van der Waals surface area contributed by atoms with Crippen molar-refractivity contribution in [2.75, 3.05) is 25.6 Å². The van der Waals surface area contributed by atoms with Crippen molar-refractivity contribution in [3.05, 3.63) is 52.5 Å². The van der Waals surface area contributed by atoms with Crippen LogP contribution in [0.3, 0.4) is 0 Å². The van der Waals surface area contributed by atoms with Crippen LogP contribution in [0.1, 0.15) is 34.6 Å². The van der Waals surface area contributed by atoms with E-state index < -0.39 is 17.6 Å². The Hall–Kier alpha value is -3.14. The Morgan fingerprint density at radius 1 is 1.16 bits per heavy atom. The van der Waals surface area contributed by atoms with Gasteiger partial charge in [0.1, 0.15) is 12.4 Å². The van der Waals surface area contributed by atoms with E-state index in [9.17, 15) is 18.0 Å². The summed E-state index contributed by atoms with van der Waals surface area (Å²) in [7, 11) is 1.49. The van der Waals surface area contributed by atoms with Gasteiger partial charge < -0.3 is 14.8 Å². The molecule has 0 fully saturated rings. The first kappa shape index (κ1) is 23.5. The van der Waals surface area contributed by atoms with E-state index in [1.807, 2.05) is 26.8 Å². The molecule has 3 rings (SSSR count). The largest absolute Gasteiger partial charge is 0.489 e. The Bertz CT molecular complexity index is 1130. The summed E-state index contributed by atoms with van der Waals surface area (Å²) < 4.78 is 51.5. The van der Waals surface area contributed by atoms with Crippen LogP contribution in [-0.2, 0) is 22.1 Å². The molecule has 0 saturated carbocycles. The highest BCUT2D eigenvalue weighted by molar-refractivity contribution is 5.92. The number of hydrogen-bond donors (Lipinski definition) is 1. The molecule has 2 aromatic heterocycles. The van der Waals surface area contributed by atoms with Crippen LogP contribution in [0.4, 0.5) is 18.9 Å². The minimum Gasteiger partial charge on any atom is -0.489 e. The average Bonchev–Trinajstić information content (AvgIpc) is 3.08. The molecular weight excluding hydrogens is 425 g/mol. The van der Waals surface area contributed by atoms with E-state index in [0.717, 1.165) is 40.4 Å². The number of carbonyl (C=O) groups excluding carboxylic acids is 1. The second-order valence-electron chi connectivity index (χ2n) is 7.42. The number of rotatable bonds is 8. The molecule has 3 aromatic rings. The number of amides is 1. The van der Waals surface area contributed by atoms with Crippen LogP contribution in [0.2, 0.25) is 0 Å². The summed E-state index contributed by atoms with van der Waals surface area (Å²) in [6.07, 6.45) is -4.12. The molecule has 1 N–H and O–H groups in total. The van der Waals surface area contributed by atoms with Crippen LogP contribution < -0.4 is 10.1 Å². The van der Waals surface area contributed by atoms with E-state index in [1.165, 1.54) is 13.2 Å². The zero-order valence-corrected chi connectivity index (χ0v) is 18.3. The zero-order valence-electron chi connectivity index (χ0n) is 18.3. The summed E-state index contributed by atoms with van der Waals surface area (Å²) in [6.45, 7) is 6.03. The highest BCUT2D eigenvalue weighted by Crippen LogP contribution is 2.35. The van der Waals surface area contributed by atoms with Gasteiger partial charge in [-0.1, -0.05) is 0 Å². The Morgan fingerprint density at radius 2 is 1.91 bits per heavy atom. The molecule has 0 spiro atoms. The monoisotopic (exact) mass is 450 g/mol. The predicted octanol–water partition coefficient (Wildman–Crippen LogP) is 4.27. The van der Waals surface area contributed by atoms with Gasteiger partial charge in [-0.05, 0) is 51.0 Å². The third-order valence-corrected chi connectivity index (χ3v) is 5.01. The molecule has 0 bridgehead atoms. The Kier molecular flexibility index (Phi) is 7.02. The van der Waals surface area contributed by atoms with Crippen LogP contribution >= 0.6 is 0 Å². The molecule has 7 nitrogen and oxygen atoms in total. The summed E-state index contributed by atoms with van der Waals surface area (Å²) >= 11 is 0. The summed E-state index contributed by atoms with van der Waals surface area (Å²) in [5.74, 6) is -0.290. The van der Waals surface area contributed by atoms with Crippen LogP contribution in [0.25, 0.3) is 5.65 Å². The van der Waals surface area contributed by atoms with Crippen molar-refractivity contribution >= 4 is 17.2 Å². The van der Waals surface area contributed by atoms with E-state index in [2.05, 4.69) is 15.4 Å². The van der Waals surface area contributed by atoms with Gasteiger partial charge >= 0.3 is 6.18 Å². The summed E-state index contributed by atoms with van der Waals surface area (Å²) in [6, 6.07) is 4.85. The van der Waals surface area contributed by atoms with Crippen molar-refractivity contribution in [2.24, 2.45) is 0 Å². The molecule has 0 unspecified atom stereocenters. The highest BCUT2D eigenvalue weighted by Gasteiger charge is 2.31. The van der Waals surface area contributed by atoms with E-state index in [4.69, 9.17) is 9.47 Å². The average molecular weight is 450 g/mol. The molecule has 172 valence electrons. The number of benzene rings is 1. The van der Waals surface area contributed by atoms with E-state index in [-0.39, 0.29) is 31.1 Å². The molecule has 0 atom stereocenters. The van der Waals surface area contributed by atoms with Gasteiger partial charge in [0.25, 0.3) is 0 Å². The third kappa shape index (κ3) is 5.37. The second kappa shape index (κ2) is 9.56. The molecule has 0 aliphatic heterocycles. The molecule has 0 radical (unpaired) electrons. The van der Waals surface area contributed by atoms with E-state index in [1.54, 1.807) is 4.52 Å². The maximum absolute atomic E-state index is 13.1. The number of nitrogens with one attached hydrogen (secondary N) is 1.